The number of rotatable bonds is 5. The Labute approximate surface area is 213 Å². The zero-order valence-electron chi connectivity index (χ0n) is 23.8. The lowest BCUT2D eigenvalue weighted by Crippen LogP contribution is -2.39. The third kappa shape index (κ3) is 6.47. The van der Waals surface area contributed by atoms with Crippen molar-refractivity contribution in [1.29, 1.82) is 0 Å². The lowest BCUT2D eigenvalue weighted by Gasteiger charge is -2.42. The number of piperidine rings is 1. The second-order valence-electron chi connectivity index (χ2n) is 13.6. The Morgan fingerprint density at radius 1 is 1.11 bits per heavy atom. The van der Waals surface area contributed by atoms with Crippen molar-refractivity contribution in [2.75, 3.05) is 18.0 Å². The van der Waals surface area contributed by atoms with Gasteiger partial charge in [-0.15, -0.1) is 0 Å². The minimum absolute atomic E-state index is 0.282. The highest BCUT2D eigenvalue weighted by Crippen LogP contribution is 2.47. The molecular weight excluding hydrogens is 436 g/mol. The number of hydrogen-bond donors (Lipinski definition) is 1. The van der Waals surface area contributed by atoms with Crippen molar-refractivity contribution in [1.82, 2.24) is 4.98 Å². The molecule has 196 valence electrons. The molecule has 0 bridgehead atoms. The van der Waals surface area contributed by atoms with Gasteiger partial charge in [-0.25, -0.2) is 4.79 Å². The Bertz CT molecular complexity index is 969. The van der Waals surface area contributed by atoms with Crippen LogP contribution in [0.1, 0.15) is 116 Å². The Morgan fingerprint density at radius 3 is 2.17 bits per heavy atom. The van der Waals surface area contributed by atoms with Crippen LogP contribution in [0, 0.1) is 30.6 Å². The Hall–Kier alpha value is -1.88. The van der Waals surface area contributed by atoms with E-state index >= 15 is 0 Å². The van der Waals surface area contributed by atoms with Crippen LogP contribution in [0.15, 0.2) is 6.08 Å². The van der Waals surface area contributed by atoms with Gasteiger partial charge in [0.1, 0.15) is 0 Å². The molecule has 1 saturated heterocycles. The molecule has 0 radical (unpaired) electrons. The number of anilines is 1. The van der Waals surface area contributed by atoms with Gasteiger partial charge in [0.25, 0.3) is 0 Å². The van der Waals surface area contributed by atoms with Gasteiger partial charge in [0.15, 0.2) is 6.10 Å². The van der Waals surface area contributed by atoms with Gasteiger partial charge < -0.3 is 14.7 Å². The second kappa shape index (κ2) is 9.88. The number of ether oxygens (including phenoxy) is 1. The summed E-state index contributed by atoms with van der Waals surface area (Å²) >= 11 is 0. The number of carboxylic acids is 1. The van der Waals surface area contributed by atoms with Crippen molar-refractivity contribution < 1.29 is 14.6 Å². The maximum absolute atomic E-state index is 12.6. The molecule has 5 nitrogen and oxygen atoms in total. The molecule has 0 aromatic carbocycles. The van der Waals surface area contributed by atoms with Gasteiger partial charge >= 0.3 is 5.97 Å². The zero-order valence-corrected chi connectivity index (χ0v) is 23.8. The van der Waals surface area contributed by atoms with E-state index in [1.807, 2.05) is 27.7 Å². The Balaban J connectivity index is 2.21. The minimum Gasteiger partial charge on any atom is -0.479 e. The first-order chi connectivity index (χ1) is 16.0. The molecule has 0 amide bonds. The number of carboxylic acid groups (broad SMARTS) is 1. The van der Waals surface area contributed by atoms with Gasteiger partial charge in [-0.1, -0.05) is 40.7 Å². The summed E-state index contributed by atoms with van der Waals surface area (Å²) in [4.78, 5) is 20.0. The molecule has 5 heteroatoms. The van der Waals surface area contributed by atoms with Gasteiger partial charge in [-0.05, 0) is 89.0 Å². The minimum atomic E-state index is -1.06. The monoisotopic (exact) mass is 484 g/mol. The van der Waals surface area contributed by atoms with E-state index < -0.39 is 17.7 Å². The van der Waals surface area contributed by atoms with E-state index in [0.29, 0.717) is 11.3 Å². The number of aliphatic carboxylic acids is 1. The largest absolute Gasteiger partial charge is 0.479 e. The number of hydrogen-bond acceptors (Lipinski definition) is 4. The van der Waals surface area contributed by atoms with Crippen LogP contribution in [0.4, 0.5) is 5.69 Å². The third-order valence-corrected chi connectivity index (χ3v) is 7.93. The molecule has 35 heavy (non-hydrogen) atoms. The molecule has 2 atom stereocenters. The molecule has 1 aliphatic carbocycles. The van der Waals surface area contributed by atoms with Crippen LogP contribution in [0.5, 0.6) is 0 Å². The van der Waals surface area contributed by atoms with Crippen molar-refractivity contribution in [3.63, 3.8) is 0 Å². The van der Waals surface area contributed by atoms with Crippen molar-refractivity contribution in [3.05, 3.63) is 28.6 Å². The number of pyridine rings is 1. The third-order valence-electron chi connectivity index (χ3n) is 7.93. The van der Waals surface area contributed by atoms with Crippen molar-refractivity contribution >= 4 is 17.2 Å². The lowest BCUT2D eigenvalue weighted by molar-refractivity contribution is -0.160. The summed E-state index contributed by atoms with van der Waals surface area (Å²) in [6, 6.07) is 0. The quantitative estimate of drug-likeness (QED) is 0.469. The fourth-order valence-corrected chi connectivity index (χ4v) is 5.64. The summed E-state index contributed by atoms with van der Waals surface area (Å²) in [5, 5.41) is 10.3. The highest BCUT2D eigenvalue weighted by Gasteiger charge is 2.37. The number of carbonyl (C=O) groups is 1. The average molecular weight is 485 g/mol. The predicted molar refractivity (Wildman–Crippen MR) is 145 cm³/mol. The number of nitrogens with zero attached hydrogens (tertiary/aromatic N) is 2. The van der Waals surface area contributed by atoms with E-state index in [-0.39, 0.29) is 5.41 Å². The molecule has 2 heterocycles. The molecule has 3 rings (SSSR count). The molecular formula is C30H48N2O3. The normalized spacial score (nSPS) is 22.1. The van der Waals surface area contributed by atoms with Crippen LogP contribution >= 0.6 is 0 Å². The molecule has 1 aromatic rings. The van der Waals surface area contributed by atoms with Crippen LogP contribution in [0.25, 0.3) is 5.57 Å². The van der Waals surface area contributed by atoms with Crippen molar-refractivity contribution in [2.24, 2.45) is 16.7 Å². The van der Waals surface area contributed by atoms with Crippen LogP contribution < -0.4 is 4.90 Å². The van der Waals surface area contributed by atoms with Gasteiger partial charge in [-0.3, -0.25) is 4.98 Å². The first-order valence-corrected chi connectivity index (χ1v) is 13.4. The van der Waals surface area contributed by atoms with E-state index in [4.69, 9.17) is 9.72 Å². The first kappa shape index (κ1) is 27.7. The maximum Gasteiger partial charge on any atom is 0.337 e. The highest BCUT2D eigenvalue weighted by atomic mass is 16.5. The first-order valence-electron chi connectivity index (χ1n) is 13.4. The average Bonchev–Trinajstić information content (AvgIpc) is 2.71. The van der Waals surface area contributed by atoms with Crippen LogP contribution in [0.3, 0.4) is 0 Å². The summed E-state index contributed by atoms with van der Waals surface area (Å²) in [6.45, 7) is 23.2. The molecule has 0 saturated carbocycles. The summed E-state index contributed by atoms with van der Waals surface area (Å²) in [5.74, 6) is -0.303. The molecule has 1 fully saturated rings. The molecule has 1 aliphatic heterocycles. The van der Waals surface area contributed by atoms with Gasteiger partial charge in [-0.2, -0.15) is 0 Å². The van der Waals surface area contributed by atoms with Crippen LogP contribution in [-0.2, 0) is 9.53 Å². The molecule has 2 aliphatic rings. The van der Waals surface area contributed by atoms with Gasteiger partial charge in [0.05, 0.1) is 11.3 Å². The molecule has 1 N–H and O–H groups in total. The summed E-state index contributed by atoms with van der Waals surface area (Å²) in [6.07, 6.45) is 6.70. The smallest absolute Gasteiger partial charge is 0.337 e. The maximum atomic E-state index is 12.6. The Kier molecular flexibility index (Phi) is 7.82. The van der Waals surface area contributed by atoms with Crippen LogP contribution in [0.2, 0.25) is 0 Å². The second-order valence-corrected chi connectivity index (χ2v) is 13.6. The van der Waals surface area contributed by atoms with E-state index in [0.717, 1.165) is 73.4 Å². The fourth-order valence-electron chi connectivity index (χ4n) is 5.64. The predicted octanol–water partition coefficient (Wildman–Crippen LogP) is 7.50. The Morgan fingerprint density at radius 2 is 1.71 bits per heavy atom. The number of allylic oxidation sites excluding steroid dienone is 2. The summed E-state index contributed by atoms with van der Waals surface area (Å²) < 4.78 is 6.20. The van der Waals surface area contributed by atoms with E-state index in [2.05, 4.69) is 52.5 Å². The molecule has 0 spiro atoms. The topological polar surface area (TPSA) is 62.7 Å². The lowest BCUT2D eigenvalue weighted by atomic mass is 9.72. The highest BCUT2D eigenvalue weighted by molar-refractivity contribution is 5.86. The van der Waals surface area contributed by atoms with Gasteiger partial charge in [0.2, 0.25) is 0 Å². The SMILES string of the molecule is Cc1nc(C)c(C(OC(C)(C)C)C(=O)O)c(N2CCC(C)(C)CC2)c1C1=CCC(C(C)(C)C)CC1. The molecule has 1 aromatic heterocycles. The van der Waals surface area contributed by atoms with Crippen LogP contribution in [-0.4, -0.2) is 34.8 Å². The van der Waals surface area contributed by atoms with Gasteiger partial charge in [0, 0.05) is 35.6 Å². The summed E-state index contributed by atoms with van der Waals surface area (Å²) in [5.41, 5.74) is 5.97. The van der Waals surface area contributed by atoms with E-state index in [1.165, 1.54) is 5.57 Å². The zero-order chi connectivity index (χ0) is 26.3. The fraction of sp³-hybridized carbons (Fsp3) is 0.733. The van der Waals surface area contributed by atoms with Crippen molar-refractivity contribution in [2.45, 2.75) is 113 Å². The van der Waals surface area contributed by atoms with Crippen molar-refractivity contribution in [3.8, 4) is 0 Å². The number of aromatic nitrogens is 1. The number of aryl methyl sites for hydroxylation is 2. The van der Waals surface area contributed by atoms with E-state index in [1.54, 1.807) is 0 Å². The standard InChI is InChI=1S/C30H48N2O3/c1-19-23(21-11-13-22(14-12-21)28(3,4)5)25(32-17-15-30(9,10)16-18-32)24(20(2)31-19)26(27(33)34)35-29(6,7)8/h11,22,26H,12-18H2,1-10H3,(H,33,34). The molecule has 2 unspecified atom stereocenters. The summed E-state index contributed by atoms with van der Waals surface area (Å²) in [7, 11) is 0. The van der Waals surface area contributed by atoms with E-state index in [9.17, 15) is 9.90 Å².